The third kappa shape index (κ3) is 3.35. The first-order valence-electron chi connectivity index (χ1n) is 8.06. The number of rotatable bonds is 5. The van der Waals surface area contributed by atoms with Gasteiger partial charge in [-0.25, -0.2) is 4.68 Å². The summed E-state index contributed by atoms with van der Waals surface area (Å²) in [6.45, 7) is 2.56. The van der Waals surface area contributed by atoms with E-state index in [1.54, 1.807) is 0 Å². The van der Waals surface area contributed by atoms with E-state index in [9.17, 15) is 9.59 Å². The Kier molecular flexibility index (Phi) is 4.70. The number of carbonyl (C=O) groups excluding carboxylic acids is 1. The van der Waals surface area contributed by atoms with Crippen molar-refractivity contribution in [2.24, 2.45) is 0 Å². The number of hydrogen-bond acceptors (Lipinski definition) is 3. The number of aromatic nitrogens is 2. The maximum Gasteiger partial charge on any atom is 0.276 e. The number of carbonyl (C=O) groups is 1. The molecule has 1 aromatic heterocycles. The predicted molar refractivity (Wildman–Crippen MR) is 95.3 cm³/mol. The lowest BCUT2D eigenvalue weighted by Crippen LogP contribution is -2.26. The Balaban J connectivity index is 1.88. The molecule has 0 aliphatic rings. The number of fused-ring (bicyclic) bond motifs is 1. The van der Waals surface area contributed by atoms with Gasteiger partial charge in [-0.15, -0.1) is 0 Å². The Hall–Kier alpha value is -2.95. The van der Waals surface area contributed by atoms with E-state index < -0.39 is 0 Å². The number of anilines is 1. The van der Waals surface area contributed by atoms with Crippen LogP contribution in [0, 0.1) is 0 Å². The summed E-state index contributed by atoms with van der Waals surface area (Å²) in [5.74, 6) is -0.323. The van der Waals surface area contributed by atoms with Crippen LogP contribution in [0.2, 0.25) is 0 Å². The number of nitrogens with zero attached hydrogens (tertiary/aromatic N) is 2. The fraction of sp³-hybridized carbons (Fsp3) is 0.211. The van der Waals surface area contributed by atoms with Crippen LogP contribution in [-0.4, -0.2) is 15.7 Å². The van der Waals surface area contributed by atoms with E-state index in [1.807, 2.05) is 49.4 Å². The monoisotopic (exact) mass is 321 g/mol. The van der Waals surface area contributed by atoms with Crippen molar-refractivity contribution >= 4 is 22.4 Å². The molecular formula is C19H19N3O2. The molecule has 0 atom stereocenters. The Labute approximate surface area is 139 Å². The van der Waals surface area contributed by atoms with E-state index in [4.69, 9.17) is 0 Å². The maximum atomic E-state index is 12.5. The van der Waals surface area contributed by atoms with Crippen LogP contribution in [0.3, 0.4) is 0 Å². The fourth-order valence-corrected chi connectivity index (χ4v) is 2.56. The summed E-state index contributed by atoms with van der Waals surface area (Å²) in [4.78, 5) is 24.3. The number of unbranched alkanes of at least 4 members (excludes halogenated alkanes) is 1. The van der Waals surface area contributed by atoms with Gasteiger partial charge in [-0.3, -0.25) is 9.59 Å². The van der Waals surface area contributed by atoms with Crippen LogP contribution < -0.4 is 10.9 Å². The SMILES string of the molecule is CCCCn1nc(C(=O)Nc2cccc3ccccc23)ccc1=O. The summed E-state index contributed by atoms with van der Waals surface area (Å²) >= 11 is 0. The van der Waals surface area contributed by atoms with Gasteiger partial charge in [0.2, 0.25) is 0 Å². The quantitative estimate of drug-likeness (QED) is 0.783. The molecule has 0 aliphatic heterocycles. The molecule has 0 spiro atoms. The fourth-order valence-electron chi connectivity index (χ4n) is 2.56. The van der Waals surface area contributed by atoms with Crippen LogP contribution in [0.25, 0.3) is 10.8 Å². The van der Waals surface area contributed by atoms with E-state index in [2.05, 4.69) is 10.4 Å². The average Bonchev–Trinajstić information content (AvgIpc) is 2.61. The van der Waals surface area contributed by atoms with Crippen molar-refractivity contribution in [3.05, 3.63) is 70.6 Å². The number of benzene rings is 2. The van der Waals surface area contributed by atoms with Gasteiger partial charge in [0.1, 0.15) is 5.69 Å². The topological polar surface area (TPSA) is 64.0 Å². The van der Waals surface area contributed by atoms with E-state index in [-0.39, 0.29) is 17.2 Å². The third-order valence-corrected chi connectivity index (χ3v) is 3.86. The Morgan fingerprint density at radius 3 is 2.71 bits per heavy atom. The van der Waals surface area contributed by atoms with Crippen molar-refractivity contribution < 1.29 is 4.79 Å². The van der Waals surface area contributed by atoms with Crippen molar-refractivity contribution in [3.8, 4) is 0 Å². The molecule has 0 saturated carbocycles. The van der Waals surface area contributed by atoms with Crippen molar-refractivity contribution in [1.82, 2.24) is 9.78 Å². The number of amides is 1. The van der Waals surface area contributed by atoms with Gasteiger partial charge in [-0.1, -0.05) is 49.7 Å². The highest BCUT2D eigenvalue weighted by Gasteiger charge is 2.11. The Bertz CT molecular complexity index is 926. The summed E-state index contributed by atoms with van der Waals surface area (Å²) in [6, 6.07) is 16.4. The molecule has 1 N–H and O–H groups in total. The normalized spacial score (nSPS) is 10.7. The molecule has 0 bridgehead atoms. The molecule has 24 heavy (non-hydrogen) atoms. The van der Waals surface area contributed by atoms with Crippen molar-refractivity contribution in [1.29, 1.82) is 0 Å². The molecule has 0 fully saturated rings. The second-order valence-corrected chi connectivity index (χ2v) is 5.61. The van der Waals surface area contributed by atoms with Gasteiger partial charge in [-0.05, 0) is 23.9 Å². The molecule has 0 unspecified atom stereocenters. The molecule has 122 valence electrons. The molecule has 1 amide bonds. The average molecular weight is 321 g/mol. The Morgan fingerprint density at radius 2 is 1.88 bits per heavy atom. The van der Waals surface area contributed by atoms with Gasteiger partial charge in [-0.2, -0.15) is 5.10 Å². The lowest BCUT2D eigenvalue weighted by molar-refractivity contribution is 0.102. The van der Waals surface area contributed by atoms with Gasteiger partial charge < -0.3 is 5.32 Å². The largest absolute Gasteiger partial charge is 0.320 e. The smallest absolute Gasteiger partial charge is 0.276 e. The molecule has 0 aliphatic carbocycles. The molecule has 2 aromatic carbocycles. The van der Waals surface area contributed by atoms with Gasteiger partial charge in [0, 0.05) is 23.7 Å². The highest BCUT2D eigenvalue weighted by molar-refractivity contribution is 6.08. The first-order chi connectivity index (χ1) is 11.7. The zero-order valence-electron chi connectivity index (χ0n) is 13.5. The standard InChI is InChI=1S/C19H19N3O2/c1-2-3-13-22-18(23)12-11-17(21-22)19(24)20-16-10-6-8-14-7-4-5-9-15(14)16/h4-12H,2-3,13H2,1H3,(H,20,24). The summed E-state index contributed by atoms with van der Waals surface area (Å²) in [6.07, 6.45) is 1.81. The second-order valence-electron chi connectivity index (χ2n) is 5.61. The van der Waals surface area contributed by atoms with Gasteiger partial charge >= 0.3 is 0 Å². The summed E-state index contributed by atoms with van der Waals surface area (Å²) < 4.78 is 1.35. The van der Waals surface area contributed by atoms with Crippen LogP contribution >= 0.6 is 0 Å². The summed E-state index contributed by atoms with van der Waals surface area (Å²) in [5, 5.41) is 9.08. The van der Waals surface area contributed by atoms with E-state index in [0.717, 1.165) is 29.3 Å². The van der Waals surface area contributed by atoms with Crippen LogP contribution in [-0.2, 0) is 6.54 Å². The first-order valence-corrected chi connectivity index (χ1v) is 8.06. The number of nitrogens with one attached hydrogen (secondary N) is 1. The lowest BCUT2D eigenvalue weighted by Gasteiger charge is -2.09. The highest BCUT2D eigenvalue weighted by atomic mass is 16.2. The molecule has 3 rings (SSSR count). The van der Waals surface area contributed by atoms with E-state index in [0.29, 0.717) is 6.54 Å². The zero-order chi connectivity index (χ0) is 16.9. The highest BCUT2D eigenvalue weighted by Crippen LogP contribution is 2.23. The second kappa shape index (κ2) is 7.08. The minimum atomic E-state index is -0.323. The van der Waals surface area contributed by atoms with Crippen LogP contribution in [0.4, 0.5) is 5.69 Å². The third-order valence-electron chi connectivity index (χ3n) is 3.86. The number of aryl methyl sites for hydroxylation is 1. The van der Waals surface area contributed by atoms with Crippen molar-refractivity contribution in [2.75, 3.05) is 5.32 Å². The van der Waals surface area contributed by atoms with Crippen LogP contribution in [0.15, 0.2) is 59.4 Å². The van der Waals surface area contributed by atoms with E-state index >= 15 is 0 Å². The summed E-state index contributed by atoms with van der Waals surface area (Å²) in [5.41, 5.74) is 0.773. The van der Waals surface area contributed by atoms with Gasteiger partial charge in [0.05, 0.1) is 0 Å². The molecule has 0 saturated heterocycles. The van der Waals surface area contributed by atoms with Gasteiger partial charge in [0.25, 0.3) is 11.5 Å². The first kappa shape index (κ1) is 15.9. The molecule has 3 aromatic rings. The summed E-state index contributed by atoms with van der Waals surface area (Å²) in [7, 11) is 0. The molecular weight excluding hydrogens is 302 g/mol. The predicted octanol–water partition coefficient (Wildman–Crippen LogP) is 3.45. The van der Waals surface area contributed by atoms with E-state index in [1.165, 1.54) is 16.8 Å². The molecule has 5 nitrogen and oxygen atoms in total. The molecule has 0 radical (unpaired) electrons. The van der Waals surface area contributed by atoms with Gasteiger partial charge in [0.15, 0.2) is 0 Å². The Morgan fingerprint density at radius 1 is 1.08 bits per heavy atom. The maximum absolute atomic E-state index is 12.5. The molecule has 5 heteroatoms. The zero-order valence-corrected chi connectivity index (χ0v) is 13.5. The van der Waals surface area contributed by atoms with Crippen molar-refractivity contribution in [3.63, 3.8) is 0 Å². The van der Waals surface area contributed by atoms with Crippen LogP contribution in [0.1, 0.15) is 30.3 Å². The van der Waals surface area contributed by atoms with Crippen molar-refractivity contribution in [2.45, 2.75) is 26.3 Å². The number of hydrogen-bond donors (Lipinski definition) is 1. The lowest BCUT2D eigenvalue weighted by atomic mass is 10.1. The minimum absolute atomic E-state index is 0.190. The molecule has 1 heterocycles. The van der Waals surface area contributed by atoms with Crippen LogP contribution in [0.5, 0.6) is 0 Å². The minimum Gasteiger partial charge on any atom is -0.320 e.